The van der Waals surface area contributed by atoms with Crippen molar-refractivity contribution in [1.82, 2.24) is 5.32 Å². The van der Waals surface area contributed by atoms with E-state index in [1.54, 1.807) is 6.92 Å². The minimum Gasteiger partial charge on any atom is -0.480 e. The third-order valence-corrected chi connectivity index (χ3v) is 2.09. The van der Waals surface area contributed by atoms with Gasteiger partial charge in [0.1, 0.15) is 5.54 Å². The van der Waals surface area contributed by atoms with Crippen molar-refractivity contribution in [2.75, 3.05) is 6.54 Å². The molecule has 1 rings (SSSR count). The van der Waals surface area contributed by atoms with Crippen LogP contribution in [0.3, 0.4) is 0 Å². The van der Waals surface area contributed by atoms with E-state index in [2.05, 4.69) is 5.32 Å². The average Bonchev–Trinajstić information content (AvgIpc) is 1.89. The van der Waals surface area contributed by atoms with Crippen molar-refractivity contribution < 1.29 is 9.90 Å². The number of hydrogen-bond donors (Lipinski definition) is 2. The molecule has 3 nitrogen and oxygen atoms in total. The summed E-state index contributed by atoms with van der Waals surface area (Å²) in [5.41, 5.74) is -0.655. The van der Waals surface area contributed by atoms with E-state index < -0.39 is 11.5 Å². The van der Waals surface area contributed by atoms with Gasteiger partial charge < -0.3 is 10.4 Å². The molecule has 4 heteroatoms. The molecule has 66 valence electrons. The van der Waals surface area contributed by atoms with E-state index in [0.29, 0.717) is 0 Å². The fourth-order valence-electron chi connectivity index (χ4n) is 1.24. The molecule has 2 N–H and O–H groups in total. The van der Waals surface area contributed by atoms with Gasteiger partial charge in [0.15, 0.2) is 0 Å². The predicted molar refractivity (Wildman–Crippen MR) is 45.1 cm³/mol. The Balaban J connectivity index is 0.000001000. The molecule has 0 aromatic heterocycles. The highest BCUT2D eigenvalue weighted by Gasteiger charge is 2.33. The Bertz CT molecular complexity index is 143. The van der Waals surface area contributed by atoms with Crippen LogP contribution in [0.4, 0.5) is 0 Å². The van der Waals surface area contributed by atoms with Crippen LogP contribution in [0.15, 0.2) is 0 Å². The first kappa shape index (κ1) is 10.7. The minimum atomic E-state index is -0.729. The summed E-state index contributed by atoms with van der Waals surface area (Å²) in [7, 11) is 0. The monoisotopic (exact) mass is 179 g/mol. The Morgan fingerprint density at radius 3 is 2.45 bits per heavy atom. The van der Waals surface area contributed by atoms with Gasteiger partial charge in [-0.25, -0.2) is 0 Å². The number of aliphatic carboxylic acids is 1. The first-order chi connectivity index (χ1) is 4.65. The number of carboxylic acid groups (broad SMARTS) is 1. The van der Waals surface area contributed by atoms with Gasteiger partial charge in [0.25, 0.3) is 0 Å². The van der Waals surface area contributed by atoms with Crippen LogP contribution in [0.2, 0.25) is 0 Å². The second-order valence-electron chi connectivity index (χ2n) is 3.02. The number of piperidine rings is 1. The van der Waals surface area contributed by atoms with Crippen LogP contribution in [0, 0.1) is 0 Å². The number of rotatable bonds is 1. The molecule has 0 saturated carbocycles. The summed E-state index contributed by atoms with van der Waals surface area (Å²) in [6, 6.07) is 0. The van der Waals surface area contributed by atoms with E-state index in [4.69, 9.17) is 5.11 Å². The maximum absolute atomic E-state index is 10.6. The standard InChI is InChI=1S/C7H13NO2.ClH/c1-7(6(9)10)4-2-3-5-8-7;/h8H,2-5H2,1H3,(H,9,10);1H. The molecule has 0 aliphatic carbocycles. The van der Waals surface area contributed by atoms with E-state index in [9.17, 15) is 4.79 Å². The lowest BCUT2D eigenvalue weighted by molar-refractivity contribution is -0.145. The summed E-state index contributed by atoms with van der Waals surface area (Å²) in [5, 5.41) is 11.7. The first-order valence-corrected chi connectivity index (χ1v) is 3.63. The molecule has 0 radical (unpaired) electrons. The third kappa shape index (κ3) is 2.34. The Morgan fingerprint density at radius 2 is 2.18 bits per heavy atom. The summed E-state index contributed by atoms with van der Waals surface area (Å²) in [6.45, 7) is 2.58. The van der Waals surface area contributed by atoms with Crippen molar-refractivity contribution in [2.24, 2.45) is 0 Å². The van der Waals surface area contributed by atoms with E-state index in [0.717, 1.165) is 25.8 Å². The second-order valence-corrected chi connectivity index (χ2v) is 3.02. The molecule has 1 atom stereocenters. The number of carbonyl (C=O) groups is 1. The fourth-order valence-corrected chi connectivity index (χ4v) is 1.24. The SMILES string of the molecule is CC1(C(=O)O)CCCCN1.Cl. The van der Waals surface area contributed by atoms with Gasteiger partial charge >= 0.3 is 5.97 Å². The number of carboxylic acids is 1. The fraction of sp³-hybridized carbons (Fsp3) is 0.857. The number of halogens is 1. The van der Waals surface area contributed by atoms with E-state index >= 15 is 0 Å². The zero-order valence-corrected chi connectivity index (χ0v) is 7.41. The smallest absolute Gasteiger partial charge is 0.323 e. The summed E-state index contributed by atoms with van der Waals surface area (Å²) < 4.78 is 0. The molecular formula is C7H14ClNO2. The van der Waals surface area contributed by atoms with Crippen molar-refractivity contribution >= 4 is 18.4 Å². The molecule has 1 heterocycles. The topological polar surface area (TPSA) is 49.3 Å². The van der Waals surface area contributed by atoms with Gasteiger partial charge in [-0.2, -0.15) is 0 Å². The Morgan fingerprint density at radius 1 is 1.55 bits per heavy atom. The molecular weight excluding hydrogens is 166 g/mol. The quantitative estimate of drug-likeness (QED) is 0.632. The van der Waals surface area contributed by atoms with Crippen LogP contribution in [0.25, 0.3) is 0 Å². The molecule has 11 heavy (non-hydrogen) atoms. The zero-order chi connectivity index (χ0) is 7.61. The predicted octanol–water partition coefficient (Wildman–Crippen LogP) is 1.02. The lowest BCUT2D eigenvalue weighted by Gasteiger charge is -2.30. The van der Waals surface area contributed by atoms with Gasteiger partial charge in [-0.15, -0.1) is 12.4 Å². The summed E-state index contributed by atoms with van der Waals surface area (Å²) in [4.78, 5) is 10.6. The lowest BCUT2D eigenvalue weighted by atomic mass is 9.91. The third-order valence-electron chi connectivity index (χ3n) is 2.09. The van der Waals surface area contributed by atoms with Crippen LogP contribution in [0.5, 0.6) is 0 Å². The Labute approximate surface area is 72.6 Å². The highest BCUT2D eigenvalue weighted by Crippen LogP contribution is 2.18. The van der Waals surface area contributed by atoms with Crippen molar-refractivity contribution in [3.8, 4) is 0 Å². The van der Waals surface area contributed by atoms with Crippen LogP contribution >= 0.6 is 12.4 Å². The number of nitrogens with one attached hydrogen (secondary N) is 1. The van der Waals surface area contributed by atoms with Gasteiger partial charge in [-0.1, -0.05) is 0 Å². The Kier molecular flexibility index (Phi) is 3.83. The van der Waals surface area contributed by atoms with Crippen LogP contribution in [-0.4, -0.2) is 23.2 Å². The Hall–Kier alpha value is -0.280. The highest BCUT2D eigenvalue weighted by atomic mass is 35.5. The molecule has 1 unspecified atom stereocenters. The zero-order valence-electron chi connectivity index (χ0n) is 6.59. The minimum absolute atomic E-state index is 0. The molecule has 1 aliphatic heterocycles. The summed E-state index contributed by atoms with van der Waals surface area (Å²) in [6.07, 6.45) is 2.88. The molecule has 0 aromatic rings. The maximum atomic E-state index is 10.6. The number of hydrogen-bond acceptors (Lipinski definition) is 2. The van der Waals surface area contributed by atoms with Crippen LogP contribution in [0.1, 0.15) is 26.2 Å². The molecule has 0 aromatic carbocycles. The van der Waals surface area contributed by atoms with Gasteiger partial charge in [0.2, 0.25) is 0 Å². The van der Waals surface area contributed by atoms with Gasteiger partial charge in [-0.05, 0) is 32.7 Å². The summed E-state index contributed by atoms with van der Waals surface area (Å²) >= 11 is 0. The van der Waals surface area contributed by atoms with E-state index in [1.165, 1.54) is 0 Å². The second kappa shape index (κ2) is 3.93. The molecule has 0 spiro atoms. The van der Waals surface area contributed by atoms with Crippen LogP contribution < -0.4 is 5.32 Å². The lowest BCUT2D eigenvalue weighted by Crippen LogP contribution is -2.52. The largest absolute Gasteiger partial charge is 0.480 e. The average molecular weight is 180 g/mol. The molecule has 1 saturated heterocycles. The van der Waals surface area contributed by atoms with Crippen molar-refractivity contribution in [2.45, 2.75) is 31.7 Å². The van der Waals surface area contributed by atoms with Crippen molar-refractivity contribution in [1.29, 1.82) is 0 Å². The van der Waals surface area contributed by atoms with Gasteiger partial charge in [-0.3, -0.25) is 4.79 Å². The molecule has 0 amide bonds. The van der Waals surface area contributed by atoms with Crippen molar-refractivity contribution in [3.05, 3.63) is 0 Å². The molecule has 0 bridgehead atoms. The van der Waals surface area contributed by atoms with Crippen LogP contribution in [-0.2, 0) is 4.79 Å². The normalized spacial score (nSPS) is 30.6. The highest BCUT2D eigenvalue weighted by molar-refractivity contribution is 5.85. The maximum Gasteiger partial charge on any atom is 0.323 e. The van der Waals surface area contributed by atoms with Crippen molar-refractivity contribution in [3.63, 3.8) is 0 Å². The van der Waals surface area contributed by atoms with E-state index in [-0.39, 0.29) is 12.4 Å². The van der Waals surface area contributed by atoms with Gasteiger partial charge in [0, 0.05) is 0 Å². The van der Waals surface area contributed by atoms with Gasteiger partial charge in [0.05, 0.1) is 0 Å². The first-order valence-electron chi connectivity index (χ1n) is 3.63. The molecule has 1 fully saturated rings. The van der Waals surface area contributed by atoms with E-state index in [1.807, 2.05) is 0 Å². The summed E-state index contributed by atoms with van der Waals surface area (Å²) in [5.74, 6) is -0.729. The molecule has 1 aliphatic rings.